The number of phenolic OH excluding ortho intramolecular Hbond substituents is 1. The average molecular weight is 558 g/mol. The summed E-state index contributed by atoms with van der Waals surface area (Å²) in [6.07, 6.45) is 0.868. The molecule has 0 aliphatic heterocycles. The van der Waals surface area contributed by atoms with Crippen molar-refractivity contribution in [3.05, 3.63) is 107 Å². The second-order valence-electron chi connectivity index (χ2n) is 6.94. The van der Waals surface area contributed by atoms with Crippen LogP contribution in [0.1, 0.15) is 5.56 Å². The Morgan fingerprint density at radius 2 is 1.11 bits per heavy atom. The van der Waals surface area contributed by atoms with Gasteiger partial charge in [0, 0.05) is 17.3 Å². The summed E-state index contributed by atoms with van der Waals surface area (Å²) in [6.45, 7) is 0. The SMILES string of the molecule is Oc1c(C=Nc2c(F)c(F)c(F)c(F)c2F)cc(-c2ccccc2)cc1-c1ccccc1.[Cl][Ti][Cl]. The van der Waals surface area contributed by atoms with Gasteiger partial charge in [-0.2, -0.15) is 0 Å². The van der Waals surface area contributed by atoms with Gasteiger partial charge in [0.15, 0.2) is 23.3 Å². The Morgan fingerprint density at radius 1 is 0.657 bits per heavy atom. The third-order valence-corrected chi connectivity index (χ3v) is 4.85. The fourth-order valence-corrected chi connectivity index (χ4v) is 3.23. The second-order valence-corrected chi connectivity index (χ2v) is 9.52. The first-order valence-corrected chi connectivity index (χ1v) is 14.1. The summed E-state index contributed by atoms with van der Waals surface area (Å²) in [5.41, 5.74) is 1.21. The van der Waals surface area contributed by atoms with E-state index in [1.807, 2.05) is 30.3 Å². The monoisotopic (exact) mass is 557 g/mol. The summed E-state index contributed by atoms with van der Waals surface area (Å²) >= 11 is -0.556. The summed E-state index contributed by atoms with van der Waals surface area (Å²) in [5, 5.41) is 10.8. The van der Waals surface area contributed by atoms with E-state index >= 15 is 0 Å². The van der Waals surface area contributed by atoms with Crippen molar-refractivity contribution < 1.29 is 44.1 Å². The van der Waals surface area contributed by atoms with E-state index in [4.69, 9.17) is 18.6 Å². The van der Waals surface area contributed by atoms with Gasteiger partial charge >= 0.3 is 35.6 Å². The number of halogens is 7. The number of benzene rings is 4. The number of hydrogen-bond donors (Lipinski definition) is 1. The minimum atomic E-state index is -2.26. The molecule has 4 aromatic carbocycles. The van der Waals surface area contributed by atoms with Crippen LogP contribution in [0.2, 0.25) is 0 Å². The molecule has 4 rings (SSSR count). The molecule has 0 aliphatic carbocycles. The van der Waals surface area contributed by atoms with E-state index in [0.717, 1.165) is 11.8 Å². The van der Waals surface area contributed by atoms with E-state index in [1.54, 1.807) is 36.4 Å². The van der Waals surface area contributed by atoms with Crippen LogP contribution in [0.3, 0.4) is 0 Å². The maximum atomic E-state index is 14.0. The zero-order valence-corrected chi connectivity index (χ0v) is 20.6. The predicted octanol–water partition coefficient (Wildman–Crippen LogP) is 8.55. The number of aliphatic imine (C=N–C) groups is 1. The molecule has 1 N–H and O–H groups in total. The van der Waals surface area contributed by atoms with Gasteiger partial charge in [0.2, 0.25) is 5.82 Å². The Labute approximate surface area is 214 Å². The molecule has 2 nitrogen and oxygen atoms in total. The predicted molar refractivity (Wildman–Crippen MR) is 124 cm³/mol. The van der Waals surface area contributed by atoms with Crippen molar-refractivity contribution in [1.29, 1.82) is 0 Å². The number of aromatic hydroxyl groups is 1. The molecule has 4 aromatic rings. The van der Waals surface area contributed by atoms with Crippen LogP contribution in [0.5, 0.6) is 5.75 Å². The average Bonchev–Trinajstić information content (AvgIpc) is 2.88. The molecule has 0 fully saturated rings. The standard InChI is InChI=1S/C25H14F5NO.2ClH.Ti/c26-19-20(27)22(29)24(23(30)21(19)28)31-13-17-11-16(14-7-3-1-4-8-14)12-18(25(17)32)15-9-5-2-6-10-15;;;/h1-13,32H;2*1H;/q;;;+2/p-2. The van der Waals surface area contributed by atoms with Crippen molar-refractivity contribution in [3.63, 3.8) is 0 Å². The molecular formula is C25H14Cl2F5NOTi. The van der Waals surface area contributed by atoms with E-state index in [9.17, 15) is 27.1 Å². The van der Waals surface area contributed by atoms with Crippen LogP contribution >= 0.6 is 18.6 Å². The quantitative estimate of drug-likeness (QED) is 0.0880. The van der Waals surface area contributed by atoms with Crippen LogP contribution in [0.4, 0.5) is 27.6 Å². The van der Waals surface area contributed by atoms with Crippen molar-refractivity contribution in [3.8, 4) is 28.0 Å². The fourth-order valence-electron chi connectivity index (χ4n) is 3.23. The van der Waals surface area contributed by atoms with Gasteiger partial charge < -0.3 is 5.11 Å². The van der Waals surface area contributed by atoms with E-state index in [1.165, 1.54) is 6.07 Å². The van der Waals surface area contributed by atoms with Crippen molar-refractivity contribution in [2.75, 3.05) is 0 Å². The van der Waals surface area contributed by atoms with Crippen molar-refractivity contribution in [1.82, 2.24) is 0 Å². The topological polar surface area (TPSA) is 32.6 Å². The fraction of sp³-hybridized carbons (Fsp3) is 0. The zero-order chi connectivity index (χ0) is 25.5. The number of rotatable bonds is 4. The first kappa shape index (κ1) is 26.9. The molecule has 0 saturated carbocycles. The third-order valence-electron chi connectivity index (χ3n) is 4.85. The summed E-state index contributed by atoms with van der Waals surface area (Å²) in [6, 6.07) is 21.2. The Balaban J connectivity index is 0.00000108. The first-order chi connectivity index (χ1) is 16.8. The van der Waals surface area contributed by atoms with Gasteiger partial charge in [0.1, 0.15) is 11.4 Å². The van der Waals surface area contributed by atoms with Crippen LogP contribution in [-0.4, -0.2) is 11.3 Å². The number of nitrogens with zero attached hydrogens (tertiary/aromatic N) is 1. The Hall–Kier alpha value is -2.71. The van der Waals surface area contributed by atoms with Crippen LogP contribution in [0.25, 0.3) is 22.3 Å². The molecule has 35 heavy (non-hydrogen) atoms. The van der Waals surface area contributed by atoms with Crippen molar-refractivity contribution >= 4 is 30.5 Å². The van der Waals surface area contributed by atoms with Gasteiger partial charge in [-0.25, -0.2) is 26.9 Å². The molecule has 0 bridgehead atoms. The second kappa shape index (κ2) is 12.3. The van der Waals surface area contributed by atoms with Gasteiger partial charge in [-0.05, 0) is 28.8 Å². The molecule has 178 valence electrons. The van der Waals surface area contributed by atoms with Gasteiger partial charge in [-0.3, -0.25) is 0 Å². The van der Waals surface area contributed by atoms with E-state index in [-0.39, 0.29) is 11.3 Å². The van der Waals surface area contributed by atoms with E-state index in [2.05, 4.69) is 4.99 Å². The van der Waals surface area contributed by atoms with Crippen LogP contribution in [0, 0.1) is 29.1 Å². The normalized spacial score (nSPS) is 10.7. The molecule has 0 amide bonds. The summed E-state index contributed by atoms with van der Waals surface area (Å²) in [5.74, 6) is -10.8. The van der Waals surface area contributed by atoms with Crippen LogP contribution in [-0.2, 0) is 17.0 Å². The Morgan fingerprint density at radius 3 is 1.63 bits per heavy atom. The summed E-state index contributed by atoms with van der Waals surface area (Å²) in [4.78, 5) is 3.49. The molecule has 0 aliphatic rings. The van der Waals surface area contributed by atoms with E-state index in [0.29, 0.717) is 16.7 Å². The van der Waals surface area contributed by atoms with Gasteiger partial charge in [-0.1, -0.05) is 60.7 Å². The molecule has 0 heterocycles. The Kier molecular flexibility index (Phi) is 9.46. The molecule has 0 atom stereocenters. The summed E-state index contributed by atoms with van der Waals surface area (Å²) < 4.78 is 68.3. The van der Waals surface area contributed by atoms with Crippen molar-refractivity contribution in [2.24, 2.45) is 4.99 Å². The van der Waals surface area contributed by atoms with Gasteiger partial charge in [0.05, 0.1) is 0 Å². The molecule has 0 saturated heterocycles. The zero-order valence-electron chi connectivity index (χ0n) is 17.5. The van der Waals surface area contributed by atoms with Gasteiger partial charge in [0.25, 0.3) is 0 Å². The molecule has 0 spiro atoms. The van der Waals surface area contributed by atoms with Crippen molar-refractivity contribution in [2.45, 2.75) is 0 Å². The number of hydrogen-bond acceptors (Lipinski definition) is 2. The minimum absolute atomic E-state index is 0.0362. The van der Waals surface area contributed by atoms with E-state index < -0.39 is 51.8 Å². The van der Waals surface area contributed by atoms with Gasteiger partial charge in [-0.15, -0.1) is 0 Å². The third kappa shape index (κ3) is 6.11. The molecule has 0 radical (unpaired) electrons. The Bertz CT molecular complexity index is 1330. The van der Waals surface area contributed by atoms with Crippen LogP contribution in [0.15, 0.2) is 77.8 Å². The van der Waals surface area contributed by atoms with Crippen LogP contribution < -0.4 is 0 Å². The molecular weight excluding hydrogens is 544 g/mol. The molecule has 10 heteroatoms. The molecule has 0 aromatic heterocycles. The first-order valence-electron chi connectivity index (χ1n) is 9.79. The summed E-state index contributed by atoms with van der Waals surface area (Å²) in [7, 11) is 9.78. The number of phenols is 1. The molecule has 0 unspecified atom stereocenters. The maximum absolute atomic E-state index is 14.0.